The van der Waals surface area contributed by atoms with E-state index in [1.807, 2.05) is 6.20 Å². The SMILES string of the molecule is CC(C)c1cnc(CNCC2(O)CCC2)s1. The summed E-state index contributed by atoms with van der Waals surface area (Å²) in [4.78, 5) is 5.71. The molecule has 1 aromatic heterocycles. The lowest BCUT2D eigenvalue weighted by Crippen LogP contribution is -2.45. The standard InChI is InChI=1S/C12H20N2OS/c1-9(2)10-6-14-11(16-10)7-13-8-12(15)4-3-5-12/h6,9,13,15H,3-5,7-8H2,1-2H3. The predicted molar refractivity (Wildman–Crippen MR) is 66.7 cm³/mol. The third-order valence-electron chi connectivity index (χ3n) is 3.16. The van der Waals surface area contributed by atoms with Gasteiger partial charge in [-0.05, 0) is 25.2 Å². The Morgan fingerprint density at radius 3 is 2.81 bits per heavy atom. The lowest BCUT2D eigenvalue weighted by atomic mass is 9.80. The van der Waals surface area contributed by atoms with Gasteiger partial charge in [0.2, 0.25) is 0 Å². The molecule has 0 aliphatic heterocycles. The van der Waals surface area contributed by atoms with Crippen LogP contribution in [0.25, 0.3) is 0 Å². The van der Waals surface area contributed by atoms with Crippen LogP contribution < -0.4 is 5.32 Å². The second-order valence-electron chi connectivity index (χ2n) is 4.99. The van der Waals surface area contributed by atoms with Crippen molar-refractivity contribution in [2.45, 2.75) is 51.2 Å². The number of thiazole rings is 1. The first kappa shape index (κ1) is 12.0. The second-order valence-corrected chi connectivity index (χ2v) is 6.14. The average Bonchev–Trinajstić information content (AvgIpc) is 2.64. The van der Waals surface area contributed by atoms with Crippen LogP contribution in [0, 0.1) is 0 Å². The monoisotopic (exact) mass is 240 g/mol. The van der Waals surface area contributed by atoms with Crippen molar-refractivity contribution in [2.75, 3.05) is 6.54 Å². The number of nitrogens with zero attached hydrogens (tertiary/aromatic N) is 1. The van der Waals surface area contributed by atoms with Gasteiger partial charge in [0.15, 0.2) is 0 Å². The third kappa shape index (κ3) is 2.81. The molecule has 0 saturated heterocycles. The molecule has 0 atom stereocenters. The van der Waals surface area contributed by atoms with Gasteiger partial charge in [0.05, 0.1) is 5.60 Å². The molecule has 16 heavy (non-hydrogen) atoms. The molecule has 3 nitrogen and oxygen atoms in total. The van der Waals surface area contributed by atoms with Crippen LogP contribution in [0.3, 0.4) is 0 Å². The number of hydrogen-bond donors (Lipinski definition) is 2. The maximum absolute atomic E-state index is 9.90. The minimum absolute atomic E-state index is 0.432. The Morgan fingerprint density at radius 1 is 1.56 bits per heavy atom. The fourth-order valence-electron chi connectivity index (χ4n) is 1.84. The van der Waals surface area contributed by atoms with Crippen molar-refractivity contribution in [3.63, 3.8) is 0 Å². The van der Waals surface area contributed by atoms with Crippen molar-refractivity contribution in [1.82, 2.24) is 10.3 Å². The molecule has 0 aromatic carbocycles. The molecule has 0 bridgehead atoms. The fraction of sp³-hybridized carbons (Fsp3) is 0.750. The molecule has 2 N–H and O–H groups in total. The second kappa shape index (κ2) is 4.82. The van der Waals surface area contributed by atoms with Crippen LogP contribution in [-0.2, 0) is 6.54 Å². The van der Waals surface area contributed by atoms with Gasteiger partial charge in [-0.3, -0.25) is 0 Å². The van der Waals surface area contributed by atoms with Crippen molar-refractivity contribution in [2.24, 2.45) is 0 Å². The van der Waals surface area contributed by atoms with Gasteiger partial charge in [-0.2, -0.15) is 0 Å². The molecule has 1 fully saturated rings. The van der Waals surface area contributed by atoms with Gasteiger partial charge in [-0.1, -0.05) is 13.8 Å². The van der Waals surface area contributed by atoms with E-state index in [9.17, 15) is 5.11 Å². The summed E-state index contributed by atoms with van der Waals surface area (Å²) in [6.45, 7) is 5.84. The van der Waals surface area contributed by atoms with E-state index < -0.39 is 5.60 Å². The Bertz CT molecular complexity index is 345. The molecule has 0 radical (unpaired) electrons. The van der Waals surface area contributed by atoms with Gasteiger partial charge >= 0.3 is 0 Å². The molecule has 1 saturated carbocycles. The summed E-state index contributed by atoms with van der Waals surface area (Å²) < 4.78 is 0. The van der Waals surface area contributed by atoms with Crippen LogP contribution >= 0.6 is 11.3 Å². The highest BCUT2D eigenvalue weighted by molar-refractivity contribution is 7.11. The maximum Gasteiger partial charge on any atom is 0.107 e. The first-order valence-electron chi connectivity index (χ1n) is 5.97. The molecule has 1 aliphatic carbocycles. The minimum Gasteiger partial charge on any atom is -0.389 e. The summed E-state index contributed by atoms with van der Waals surface area (Å²) in [6.07, 6.45) is 5.00. The summed E-state index contributed by atoms with van der Waals surface area (Å²) in [5.74, 6) is 0.557. The number of hydrogen-bond acceptors (Lipinski definition) is 4. The van der Waals surface area contributed by atoms with Gasteiger partial charge in [0.25, 0.3) is 0 Å². The number of aliphatic hydroxyl groups is 1. The minimum atomic E-state index is -0.432. The van der Waals surface area contributed by atoms with Crippen molar-refractivity contribution in [1.29, 1.82) is 0 Å². The van der Waals surface area contributed by atoms with E-state index in [0.717, 1.165) is 30.8 Å². The highest BCUT2D eigenvalue weighted by atomic mass is 32.1. The summed E-state index contributed by atoms with van der Waals surface area (Å²) in [6, 6.07) is 0. The quantitative estimate of drug-likeness (QED) is 0.830. The number of nitrogens with one attached hydrogen (secondary N) is 1. The summed E-state index contributed by atoms with van der Waals surface area (Å²) in [5, 5.41) is 14.3. The summed E-state index contributed by atoms with van der Waals surface area (Å²) >= 11 is 1.76. The number of rotatable bonds is 5. The zero-order chi connectivity index (χ0) is 11.6. The van der Waals surface area contributed by atoms with E-state index >= 15 is 0 Å². The smallest absolute Gasteiger partial charge is 0.107 e. The Labute approximate surface area is 101 Å². The highest BCUT2D eigenvalue weighted by Crippen LogP contribution is 2.30. The Hall–Kier alpha value is -0.450. The lowest BCUT2D eigenvalue weighted by molar-refractivity contribution is -0.0314. The van der Waals surface area contributed by atoms with Crippen LogP contribution in [0.1, 0.15) is 48.9 Å². The Kier molecular flexibility index (Phi) is 3.62. The zero-order valence-electron chi connectivity index (χ0n) is 9.99. The van der Waals surface area contributed by atoms with Crippen molar-refractivity contribution < 1.29 is 5.11 Å². The molecule has 2 rings (SSSR count). The van der Waals surface area contributed by atoms with Crippen LogP contribution in [0.5, 0.6) is 0 Å². The van der Waals surface area contributed by atoms with Gasteiger partial charge in [0.1, 0.15) is 5.01 Å². The van der Waals surface area contributed by atoms with Gasteiger partial charge in [-0.25, -0.2) is 4.98 Å². The molecule has 0 amide bonds. The van der Waals surface area contributed by atoms with Crippen LogP contribution in [0.15, 0.2) is 6.20 Å². The molecular weight excluding hydrogens is 220 g/mol. The molecule has 1 aromatic rings. The maximum atomic E-state index is 9.90. The fourth-order valence-corrected chi connectivity index (χ4v) is 2.73. The molecule has 1 heterocycles. The lowest BCUT2D eigenvalue weighted by Gasteiger charge is -2.36. The molecule has 90 valence electrons. The van der Waals surface area contributed by atoms with Crippen molar-refractivity contribution in [3.05, 3.63) is 16.1 Å². The molecule has 0 spiro atoms. The third-order valence-corrected chi connectivity index (χ3v) is 4.45. The van der Waals surface area contributed by atoms with E-state index in [1.165, 1.54) is 4.88 Å². The van der Waals surface area contributed by atoms with Gasteiger partial charge in [-0.15, -0.1) is 11.3 Å². The summed E-state index contributed by atoms with van der Waals surface area (Å²) in [7, 11) is 0. The Morgan fingerprint density at radius 2 is 2.31 bits per heavy atom. The first-order valence-corrected chi connectivity index (χ1v) is 6.78. The van der Waals surface area contributed by atoms with E-state index in [1.54, 1.807) is 11.3 Å². The number of aromatic nitrogens is 1. The van der Waals surface area contributed by atoms with Crippen LogP contribution in [0.2, 0.25) is 0 Å². The molecular formula is C12H20N2OS. The molecule has 4 heteroatoms. The first-order chi connectivity index (χ1) is 7.59. The van der Waals surface area contributed by atoms with E-state index in [4.69, 9.17) is 0 Å². The van der Waals surface area contributed by atoms with Gasteiger partial charge in [0, 0.05) is 24.2 Å². The highest BCUT2D eigenvalue weighted by Gasteiger charge is 2.33. The van der Waals surface area contributed by atoms with E-state index in [-0.39, 0.29) is 0 Å². The van der Waals surface area contributed by atoms with Crippen LogP contribution in [-0.4, -0.2) is 22.2 Å². The van der Waals surface area contributed by atoms with Gasteiger partial charge < -0.3 is 10.4 Å². The van der Waals surface area contributed by atoms with Crippen LogP contribution in [0.4, 0.5) is 0 Å². The Balaban J connectivity index is 1.76. The summed E-state index contributed by atoms with van der Waals surface area (Å²) in [5.41, 5.74) is -0.432. The molecule has 0 unspecified atom stereocenters. The molecule has 1 aliphatic rings. The average molecular weight is 240 g/mol. The normalized spacial score (nSPS) is 18.8. The zero-order valence-corrected chi connectivity index (χ0v) is 10.8. The topological polar surface area (TPSA) is 45.2 Å². The van der Waals surface area contributed by atoms with E-state index in [0.29, 0.717) is 12.5 Å². The van der Waals surface area contributed by atoms with Crippen molar-refractivity contribution in [3.8, 4) is 0 Å². The predicted octanol–water partition coefficient (Wildman–Crippen LogP) is 2.27. The van der Waals surface area contributed by atoms with Crippen molar-refractivity contribution >= 4 is 11.3 Å². The largest absolute Gasteiger partial charge is 0.389 e. The van der Waals surface area contributed by atoms with E-state index in [2.05, 4.69) is 24.1 Å².